The predicted octanol–water partition coefficient (Wildman–Crippen LogP) is 3.88. The summed E-state index contributed by atoms with van der Waals surface area (Å²) in [4.78, 5) is 32.2. The van der Waals surface area contributed by atoms with Gasteiger partial charge >= 0.3 is 0 Å². The molecule has 1 N–H and O–H groups in total. The Morgan fingerprint density at radius 2 is 1.79 bits per heavy atom. The van der Waals surface area contributed by atoms with E-state index < -0.39 is 0 Å². The SMILES string of the molecule is O=C(Cc1c[nH]c2cc(F)ccc12)N1CCCN(C(=O)c2ccccc2Cl)CC1. The van der Waals surface area contributed by atoms with Gasteiger partial charge in [0, 0.05) is 43.3 Å². The van der Waals surface area contributed by atoms with Crippen LogP contribution in [0.25, 0.3) is 10.9 Å². The van der Waals surface area contributed by atoms with Crippen molar-refractivity contribution in [3.05, 3.63) is 70.6 Å². The fourth-order valence-corrected chi connectivity index (χ4v) is 3.97. The molecule has 3 aromatic rings. The second-order valence-electron chi connectivity index (χ2n) is 7.19. The third kappa shape index (κ3) is 4.12. The summed E-state index contributed by atoms with van der Waals surface area (Å²) in [7, 11) is 0. The highest BCUT2D eigenvalue weighted by Gasteiger charge is 2.24. The summed E-state index contributed by atoms with van der Waals surface area (Å²) in [6.45, 7) is 2.13. The van der Waals surface area contributed by atoms with E-state index in [1.165, 1.54) is 12.1 Å². The molecule has 2 heterocycles. The molecule has 150 valence electrons. The Morgan fingerprint density at radius 3 is 2.62 bits per heavy atom. The van der Waals surface area contributed by atoms with Crippen molar-refractivity contribution in [3.63, 3.8) is 0 Å². The minimum atomic E-state index is -0.312. The summed E-state index contributed by atoms with van der Waals surface area (Å²) >= 11 is 6.16. The molecule has 0 radical (unpaired) electrons. The molecule has 1 saturated heterocycles. The summed E-state index contributed by atoms with van der Waals surface area (Å²) in [5.74, 6) is -0.418. The van der Waals surface area contributed by atoms with Crippen LogP contribution in [0.1, 0.15) is 22.3 Å². The molecule has 29 heavy (non-hydrogen) atoms. The van der Waals surface area contributed by atoms with Crippen LogP contribution in [0.4, 0.5) is 4.39 Å². The van der Waals surface area contributed by atoms with Crippen molar-refractivity contribution in [1.82, 2.24) is 14.8 Å². The summed E-state index contributed by atoms with van der Waals surface area (Å²) < 4.78 is 13.4. The number of carbonyl (C=O) groups excluding carboxylic acids is 2. The third-order valence-electron chi connectivity index (χ3n) is 5.31. The number of fused-ring (bicyclic) bond motifs is 1. The Morgan fingerprint density at radius 1 is 1.03 bits per heavy atom. The molecule has 0 unspecified atom stereocenters. The van der Waals surface area contributed by atoms with E-state index in [9.17, 15) is 14.0 Å². The van der Waals surface area contributed by atoms with Gasteiger partial charge < -0.3 is 14.8 Å². The molecule has 1 aliphatic heterocycles. The molecular formula is C22H21ClFN3O2. The summed E-state index contributed by atoms with van der Waals surface area (Å²) in [6.07, 6.45) is 2.71. The van der Waals surface area contributed by atoms with Crippen molar-refractivity contribution in [1.29, 1.82) is 0 Å². The van der Waals surface area contributed by atoms with Gasteiger partial charge in [-0.2, -0.15) is 0 Å². The van der Waals surface area contributed by atoms with E-state index >= 15 is 0 Å². The first kappa shape index (κ1) is 19.5. The second-order valence-corrected chi connectivity index (χ2v) is 7.59. The van der Waals surface area contributed by atoms with Gasteiger partial charge in [-0.15, -0.1) is 0 Å². The van der Waals surface area contributed by atoms with E-state index in [4.69, 9.17) is 11.6 Å². The molecule has 1 fully saturated rings. The van der Waals surface area contributed by atoms with Crippen LogP contribution in [0.2, 0.25) is 5.02 Å². The van der Waals surface area contributed by atoms with E-state index in [0.717, 1.165) is 10.9 Å². The topological polar surface area (TPSA) is 56.4 Å². The van der Waals surface area contributed by atoms with Crippen LogP contribution in [-0.4, -0.2) is 52.8 Å². The Kier molecular flexibility index (Phi) is 5.53. The lowest BCUT2D eigenvalue weighted by molar-refractivity contribution is -0.130. The van der Waals surface area contributed by atoms with E-state index in [1.54, 1.807) is 46.3 Å². The molecule has 2 aromatic carbocycles. The van der Waals surface area contributed by atoms with Gasteiger partial charge in [0.25, 0.3) is 5.91 Å². The van der Waals surface area contributed by atoms with Gasteiger partial charge in [0.2, 0.25) is 5.91 Å². The highest BCUT2D eigenvalue weighted by atomic mass is 35.5. The lowest BCUT2D eigenvalue weighted by Gasteiger charge is -2.22. The number of hydrogen-bond acceptors (Lipinski definition) is 2. The number of amides is 2. The lowest BCUT2D eigenvalue weighted by Crippen LogP contribution is -2.38. The van der Waals surface area contributed by atoms with Gasteiger partial charge in [-0.3, -0.25) is 9.59 Å². The number of carbonyl (C=O) groups is 2. The van der Waals surface area contributed by atoms with Crippen LogP contribution >= 0.6 is 11.6 Å². The van der Waals surface area contributed by atoms with E-state index in [2.05, 4.69) is 4.98 Å². The highest BCUT2D eigenvalue weighted by molar-refractivity contribution is 6.33. The number of rotatable bonds is 3. The molecule has 5 nitrogen and oxygen atoms in total. The molecule has 0 saturated carbocycles. The van der Waals surface area contributed by atoms with Gasteiger partial charge in [0.05, 0.1) is 17.0 Å². The Bertz CT molecular complexity index is 1070. The van der Waals surface area contributed by atoms with Gasteiger partial charge in [0.1, 0.15) is 5.82 Å². The zero-order valence-electron chi connectivity index (χ0n) is 15.8. The Labute approximate surface area is 173 Å². The molecule has 0 atom stereocenters. The van der Waals surface area contributed by atoms with Gasteiger partial charge in [-0.1, -0.05) is 23.7 Å². The van der Waals surface area contributed by atoms with Crippen LogP contribution in [0.15, 0.2) is 48.7 Å². The van der Waals surface area contributed by atoms with E-state index in [0.29, 0.717) is 48.7 Å². The Balaban J connectivity index is 1.42. The smallest absolute Gasteiger partial charge is 0.255 e. The minimum absolute atomic E-state index is 0.00210. The van der Waals surface area contributed by atoms with Crippen molar-refractivity contribution in [2.24, 2.45) is 0 Å². The number of aromatic amines is 1. The van der Waals surface area contributed by atoms with Crippen molar-refractivity contribution < 1.29 is 14.0 Å². The zero-order chi connectivity index (χ0) is 20.4. The quantitative estimate of drug-likeness (QED) is 0.708. The maximum Gasteiger partial charge on any atom is 0.255 e. The molecule has 1 aromatic heterocycles. The lowest BCUT2D eigenvalue weighted by atomic mass is 10.1. The Hall–Kier alpha value is -2.86. The predicted molar refractivity (Wildman–Crippen MR) is 111 cm³/mol. The van der Waals surface area contributed by atoms with E-state index in [1.807, 2.05) is 0 Å². The van der Waals surface area contributed by atoms with Gasteiger partial charge in [0.15, 0.2) is 0 Å². The van der Waals surface area contributed by atoms with Crippen LogP contribution < -0.4 is 0 Å². The number of nitrogens with one attached hydrogen (secondary N) is 1. The molecule has 4 rings (SSSR count). The standard InChI is InChI=1S/C22H21ClFN3O2/c23-19-5-2-1-4-18(19)22(29)27-9-3-8-26(10-11-27)21(28)12-15-14-25-20-13-16(24)6-7-17(15)20/h1-2,4-7,13-14,25H,3,8-12H2. The number of aromatic nitrogens is 1. The van der Waals surface area contributed by atoms with Gasteiger partial charge in [-0.25, -0.2) is 4.39 Å². The minimum Gasteiger partial charge on any atom is -0.361 e. The number of halogens is 2. The average molecular weight is 414 g/mol. The number of nitrogens with zero attached hydrogens (tertiary/aromatic N) is 2. The zero-order valence-corrected chi connectivity index (χ0v) is 16.6. The van der Waals surface area contributed by atoms with Crippen LogP contribution in [0, 0.1) is 5.82 Å². The first-order valence-electron chi connectivity index (χ1n) is 9.60. The van der Waals surface area contributed by atoms with Crippen molar-refractivity contribution >= 4 is 34.3 Å². The van der Waals surface area contributed by atoms with Crippen LogP contribution in [-0.2, 0) is 11.2 Å². The number of benzene rings is 2. The molecule has 0 aliphatic carbocycles. The maximum absolute atomic E-state index is 13.4. The van der Waals surface area contributed by atoms with Crippen molar-refractivity contribution in [3.8, 4) is 0 Å². The van der Waals surface area contributed by atoms with E-state index in [-0.39, 0.29) is 24.1 Å². The molecule has 1 aliphatic rings. The molecule has 0 spiro atoms. The largest absolute Gasteiger partial charge is 0.361 e. The normalized spacial score (nSPS) is 14.8. The molecule has 2 amide bonds. The highest BCUT2D eigenvalue weighted by Crippen LogP contribution is 2.21. The van der Waals surface area contributed by atoms with Gasteiger partial charge in [-0.05, 0) is 42.3 Å². The first-order valence-corrected chi connectivity index (χ1v) is 9.98. The van der Waals surface area contributed by atoms with Crippen molar-refractivity contribution in [2.75, 3.05) is 26.2 Å². The summed E-state index contributed by atoms with van der Waals surface area (Å²) in [5, 5.41) is 1.29. The number of H-pyrrole nitrogens is 1. The third-order valence-corrected chi connectivity index (χ3v) is 5.64. The fourth-order valence-electron chi connectivity index (χ4n) is 3.75. The summed E-state index contributed by atoms with van der Waals surface area (Å²) in [5.41, 5.74) is 2.01. The fraction of sp³-hybridized carbons (Fsp3) is 0.273. The second kappa shape index (κ2) is 8.25. The molecular weight excluding hydrogens is 393 g/mol. The van der Waals surface area contributed by atoms with Crippen LogP contribution in [0.5, 0.6) is 0 Å². The average Bonchev–Trinajstić information content (AvgIpc) is 2.94. The first-order chi connectivity index (χ1) is 14.0. The molecule has 7 heteroatoms. The van der Waals surface area contributed by atoms with Crippen molar-refractivity contribution in [2.45, 2.75) is 12.8 Å². The maximum atomic E-state index is 13.4. The molecule has 0 bridgehead atoms. The number of hydrogen-bond donors (Lipinski definition) is 1. The van der Waals surface area contributed by atoms with Crippen LogP contribution in [0.3, 0.4) is 0 Å². The monoisotopic (exact) mass is 413 g/mol. The summed E-state index contributed by atoms with van der Waals surface area (Å²) in [6, 6.07) is 11.5.